The zero-order valence-electron chi connectivity index (χ0n) is 6.78. The van der Waals surface area contributed by atoms with Crippen molar-refractivity contribution < 1.29 is 18.9 Å². The Morgan fingerprint density at radius 3 is 2.25 bits per heavy atom. The maximum absolute atomic E-state index is 10.2. The third-order valence-corrected chi connectivity index (χ3v) is 2.07. The van der Waals surface area contributed by atoms with Crippen LogP contribution in [0.5, 0.6) is 0 Å². The number of unbranched alkanes of at least 4 members (excludes halogenated alkanes) is 3. The Morgan fingerprint density at radius 2 is 1.75 bits per heavy atom. The molecule has 0 atom stereocenters. The van der Waals surface area contributed by atoms with Crippen molar-refractivity contribution in [3.05, 3.63) is 0 Å². The van der Waals surface area contributed by atoms with E-state index in [9.17, 15) is 4.57 Å². The first kappa shape index (κ1) is 12.4. The van der Waals surface area contributed by atoms with Gasteiger partial charge in [0.2, 0.25) is 0 Å². The fraction of sp³-hybridized carbons (Fsp3) is 1.00. The second-order valence-electron chi connectivity index (χ2n) is 2.43. The van der Waals surface area contributed by atoms with Crippen LogP contribution in [0.1, 0.15) is 25.7 Å². The SMILES string of the molecule is O=P(O)(O)OCCCCCCCl. The number of rotatable bonds is 7. The molecule has 0 aromatic carbocycles. The van der Waals surface area contributed by atoms with Crippen LogP contribution in [0.3, 0.4) is 0 Å². The van der Waals surface area contributed by atoms with Crippen LogP contribution in [0.2, 0.25) is 0 Å². The number of hydrogen-bond acceptors (Lipinski definition) is 2. The molecule has 0 aliphatic rings. The summed E-state index contributed by atoms with van der Waals surface area (Å²) in [6.07, 6.45) is 3.49. The molecule has 0 aromatic heterocycles. The quantitative estimate of drug-likeness (QED) is 0.388. The van der Waals surface area contributed by atoms with E-state index in [-0.39, 0.29) is 6.61 Å². The minimum absolute atomic E-state index is 0.118. The minimum Gasteiger partial charge on any atom is -0.303 e. The molecule has 0 fully saturated rings. The molecule has 0 aliphatic heterocycles. The fourth-order valence-corrected chi connectivity index (χ4v) is 1.29. The van der Waals surface area contributed by atoms with Crippen LogP contribution in [0.25, 0.3) is 0 Å². The molecule has 0 heterocycles. The lowest BCUT2D eigenvalue weighted by molar-refractivity contribution is 0.193. The number of hydrogen-bond donors (Lipinski definition) is 2. The molecular formula is C6H14ClO4P. The lowest BCUT2D eigenvalue weighted by Gasteiger charge is -2.03. The molecule has 2 N–H and O–H groups in total. The van der Waals surface area contributed by atoms with Crippen LogP contribution < -0.4 is 0 Å². The zero-order valence-corrected chi connectivity index (χ0v) is 8.43. The Bertz CT molecular complexity index is 146. The molecule has 0 aromatic rings. The van der Waals surface area contributed by atoms with Crippen LogP contribution in [0, 0.1) is 0 Å². The van der Waals surface area contributed by atoms with Gasteiger partial charge in [-0.3, -0.25) is 4.52 Å². The molecule has 0 unspecified atom stereocenters. The molecule has 0 amide bonds. The van der Waals surface area contributed by atoms with Gasteiger partial charge in [0.05, 0.1) is 6.61 Å². The van der Waals surface area contributed by atoms with E-state index in [1.165, 1.54) is 0 Å². The minimum atomic E-state index is -4.25. The Morgan fingerprint density at radius 1 is 1.17 bits per heavy atom. The molecule has 0 radical (unpaired) electrons. The van der Waals surface area contributed by atoms with Gasteiger partial charge >= 0.3 is 7.82 Å². The van der Waals surface area contributed by atoms with E-state index < -0.39 is 7.82 Å². The standard InChI is InChI=1S/C6H14ClO4P/c7-5-3-1-2-4-6-11-12(8,9)10/h1-6H2,(H2,8,9,10). The number of alkyl halides is 1. The molecule has 0 saturated carbocycles. The Hall–Kier alpha value is 0.400. The third-order valence-electron chi connectivity index (χ3n) is 1.29. The number of halogens is 1. The highest BCUT2D eigenvalue weighted by atomic mass is 35.5. The van der Waals surface area contributed by atoms with Crippen molar-refractivity contribution in [3.63, 3.8) is 0 Å². The molecule has 0 bridgehead atoms. The van der Waals surface area contributed by atoms with Crippen molar-refractivity contribution in [1.29, 1.82) is 0 Å². The molecule has 0 aliphatic carbocycles. The topological polar surface area (TPSA) is 66.8 Å². The van der Waals surface area contributed by atoms with E-state index in [1.807, 2.05) is 0 Å². The van der Waals surface area contributed by atoms with Crippen molar-refractivity contribution in [2.75, 3.05) is 12.5 Å². The van der Waals surface area contributed by atoms with Crippen LogP contribution in [0.4, 0.5) is 0 Å². The van der Waals surface area contributed by atoms with Crippen molar-refractivity contribution in [3.8, 4) is 0 Å². The van der Waals surface area contributed by atoms with Gasteiger partial charge in [0.15, 0.2) is 0 Å². The van der Waals surface area contributed by atoms with Gasteiger partial charge < -0.3 is 9.79 Å². The lowest BCUT2D eigenvalue weighted by atomic mass is 10.2. The first-order chi connectivity index (χ1) is 5.56. The number of phosphoric ester groups is 1. The van der Waals surface area contributed by atoms with Gasteiger partial charge in [-0.05, 0) is 12.8 Å². The molecule has 0 spiro atoms. The van der Waals surface area contributed by atoms with Crippen molar-refractivity contribution >= 4 is 19.4 Å². The molecule has 12 heavy (non-hydrogen) atoms. The predicted molar refractivity (Wildman–Crippen MR) is 47.2 cm³/mol. The van der Waals surface area contributed by atoms with Crippen molar-refractivity contribution in [1.82, 2.24) is 0 Å². The zero-order chi connectivity index (χ0) is 9.45. The van der Waals surface area contributed by atoms with Crippen LogP contribution >= 0.6 is 19.4 Å². The largest absolute Gasteiger partial charge is 0.469 e. The molecule has 0 saturated heterocycles. The predicted octanol–water partition coefficient (Wildman–Crippen LogP) is 1.89. The molecular weight excluding hydrogens is 202 g/mol. The Kier molecular flexibility index (Phi) is 7.10. The maximum atomic E-state index is 10.2. The summed E-state index contributed by atoms with van der Waals surface area (Å²) in [4.78, 5) is 16.6. The summed E-state index contributed by atoms with van der Waals surface area (Å²) < 4.78 is 14.4. The molecule has 74 valence electrons. The normalized spacial score (nSPS) is 11.9. The van der Waals surface area contributed by atoms with E-state index in [0.29, 0.717) is 12.3 Å². The summed E-state index contributed by atoms with van der Waals surface area (Å²) in [6.45, 7) is 0.118. The van der Waals surface area contributed by atoms with Gasteiger partial charge in [-0.2, -0.15) is 0 Å². The fourth-order valence-electron chi connectivity index (χ4n) is 0.734. The monoisotopic (exact) mass is 216 g/mol. The van der Waals surface area contributed by atoms with Gasteiger partial charge in [0.1, 0.15) is 0 Å². The highest BCUT2D eigenvalue weighted by Crippen LogP contribution is 2.35. The van der Waals surface area contributed by atoms with Gasteiger partial charge in [0.25, 0.3) is 0 Å². The number of phosphoric acid groups is 1. The first-order valence-corrected chi connectivity index (χ1v) is 5.89. The van der Waals surface area contributed by atoms with E-state index in [1.54, 1.807) is 0 Å². The summed E-state index contributed by atoms with van der Waals surface area (Å²) in [5.41, 5.74) is 0. The maximum Gasteiger partial charge on any atom is 0.469 e. The summed E-state index contributed by atoms with van der Waals surface area (Å²) in [6, 6.07) is 0. The third kappa shape index (κ3) is 10.4. The van der Waals surface area contributed by atoms with Gasteiger partial charge in [0, 0.05) is 5.88 Å². The van der Waals surface area contributed by atoms with E-state index in [2.05, 4.69) is 4.52 Å². The second-order valence-corrected chi connectivity index (χ2v) is 4.04. The summed E-state index contributed by atoms with van der Waals surface area (Å²) in [7, 11) is -4.25. The van der Waals surface area contributed by atoms with E-state index >= 15 is 0 Å². The van der Waals surface area contributed by atoms with Crippen molar-refractivity contribution in [2.45, 2.75) is 25.7 Å². The lowest BCUT2D eigenvalue weighted by Crippen LogP contribution is -1.92. The van der Waals surface area contributed by atoms with Crippen LogP contribution in [-0.2, 0) is 9.09 Å². The highest BCUT2D eigenvalue weighted by molar-refractivity contribution is 7.46. The summed E-state index contributed by atoms with van der Waals surface area (Å²) >= 11 is 5.43. The van der Waals surface area contributed by atoms with Gasteiger partial charge in [-0.1, -0.05) is 12.8 Å². The van der Waals surface area contributed by atoms with E-state index in [0.717, 1.165) is 19.3 Å². The summed E-state index contributed by atoms with van der Waals surface area (Å²) in [5, 5.41) is 0. The van der Waals surface area contributed by atoms with Crippen molar-refractivity contribution in [2.24, 2.45) is 0 Å². The molecule has 0 rings (SSSR count). The van der Waals surface area contributed by atoms with E-state index in [4.69, 9.17) is 21.4 Å². The first-order valence-electron chi connectivity index (χ1n) is 3.82. The van der Waals surface area contributed by atoms with Gasteiger partial charge in [-0.25, -0.2) is 4.57 Å². The molecule has 6 heteroatoms. The van der Waals surface area contributed by atoms with Crippen LogP contribution in [-0.4, -0.2) is 22.3 Å². The highest BCUT2D eigenvalue weighted by Gasteiger charge is 2.11. The average Bonchev–Trinajstić information content (AvgIpc) is 1.94. The smallest absolute Gasteiger partial charge is 0.303 e. The molecule has 4 nitrogen and oxygen atoms in total. The Labute approximate surface area is 77.1 Å². The summed E-state index contributed by atoms with van der Waals surface area (Å²) in [5.74, 6) is 0.638. The van der Waals surface area contributed by atoms with Crippen LogP contribution in [0.15, 0.2) is 0 Å². The van der Waals surface area contributed by atoms with Gasteiger partial charge in [-0.15, -0.1) is 11.6 Å². The Balaban J connectivity index is 3.06. The average molecular weight is 217 g/mol. The second kappa shape index (κ2) is 6.87.